The molecule has 1 aliphatic heterocycles. The molecule has 3 N–H and O–H groups in total. The van der Waals surface area contributed by atoms with Crippen LogP contribution in [0.4, 0.5) is 0 Å². The van der Waals surface area contributed by atoms with Crippen LogP contribution >= 0.6 is 23.5 Å². The van der Waals surface area contributed by atoms with Crippen LogP contribution < -0.4 is 0 Å². The van der Waals surface area contributed by atoms with Gasteiger partial charge >= 0.3 is 0 Å². The Balaban J connectivity index is 2.57. The van der Waals surface area contributed by atoms with Gasteiger partial charge in [-0.25, -0.2) is 0 Å². The summed E-state index contributed by atoms with van der Waals surface area (Å²) in [6, 6.07) is 8.27. The third kappa shape index (κ3) is 3.11. The number of carbonyl (C=O) groups is 3. The van der Waals surface area contributed by atoms with Crippen molar-refractivity contribution in [3.8, 4) is 6.07 Å². The van der Waals surface area contributed by atoms with Crippen LogP contribution in [0.2, 0.25) is 0 Å². The fourth-order valence-corrected chi connectivity index (χ4v) is 6.33. The van der Waals surface area contributed by atoms with Gasteiger partial charge in [0.1, 0.15) is 0 Å². The fourth-order valence-electron chi connectivity index (χ4n) is 3.09. The molecule has 0 aliphatic carbocycles. The summed E-state index contributed by atoms with van der Waals surface area (Å²) in [5.41, 5.74) is -7.89. The zero-order valence-electron chi connectivity index (χ0n) is 14.9. The number of carbonyl (C=O) groups excluding carboxylic acids is 3. The van der Waals surface area contributed by atoms with Crippen molar-refractivity contribution in [1.82, 2.24) is 0 Å². The highest BCUT2D eigenvalue weighted by atomic mass is 32.2. The second-order valence-corrected chi connectivity index (χ2v) is 8.97. The normalized spacial score (nSPS) is 33.1. The molecule has 27 heavy (non-hydrogen) atoms. The van der Waals surface area contributed by atoms with Crippen LogP contribution in [0.5, 0.6) is 0 Å². The van der Waals surface area contributed by atoms with Crippen molar-refractivity contribution >= 4 is 40.9 Å². The standard InChI is InChI=1S/C18H19NO6S2/c1-10(20)16(23)9-26-15(27-14-6-4-13(8-19)5-7-14)17(24,11(2)21)18(16,25)12(3)22/h4-7,15,23-25H,9H2,1-3H3/t15-,16-,17-,18-/m0/s1. The molecule has 0 saturated carbocycles. The molecule has 0 amide bonds. The summed E-state index contributed by atoms with van der Waals surface area (Å²) in [5.74, 6) is -3.32. The molecule has 4 atom stereocenters. The Kier molecular flexibility index (Phi) is 5.90. The van der Waals surface area contributed by atoms with Crippen molar-refractivity contribution in [3.05, 3.63) is 29.8 Å². The van der Waals surface area contributed by atoms with Crippen LogP contribution in [0.3, 0.4) is 0 Å². The predicted octanol–water partition coefficient (Wildman–Crippen LogP) is 0.684. The minimum absolute atomic E-state index is 0.373. The average molecular weight is 409 g/mol. The molecule has 0 bridgehead atoms. The first-order valence-electron chi connectivity index (χ1n) is 7.93. The molecule has 1 heterocycles. The lowest BCUT2D eigenvalue weighted by Gasteiger charge is -2.54. The number of thioether (sulfide) groups is 2. The molecular formula is C18H19NO6S2. The first-order chi connectivity index (χ1) is 12.4. The molecule has 0 radical (unpaired) electrons. The summed E-state index contributed by atoms with van der Waals surface area (Å²) in [4.78, 5) is 37.3. The second kappa shape index (κ2) is 7.37. The van der Waals surface area contributed by atoms with E-state index in [4.69, 9.17) is 5.26 Å². The van der Waals surface area contributed by atoms with Crippen molar-refractivity contribution in [1.29, 1.82) is 5.26 Å². The van der Waals surface area contributed by atoms with E-state index in [1.807, 2.05) is 6.07 Å². The minimum atomic E-state index is -2.99. The van der Waals surface area contributed by atoms with Crippen LogP contribution in [0.15, 0.2) is 29.2 Å². The zero-order valence-corrected chi connectivity index (χ0v) is 16.6. The second-order valence-electron chi connectivity index (χ2n) is 6.40. The SMILES string of the molecule is CC(=O)[C@]1(O)[C@@](O)(C(C)=O)CS[C@@H](Sc2ccc(C#N)cc2)[C@@]1(O)C(C)=O. The Morgan fingerprint density at radius 2 is 1.63 bits per heavy atom. The Morgan fingerprint density at radius 1 is 1.07 bits per heavy atom. The largest absolute Gasteiger partial charge is 0.378 e. The fraction of sp³-hybridized carbons (Fsp3) is 0.444. The van der Waals surface area contributed by atoms with Gasteiger partial charge in [-0.2, -0.15) is 5.26 Å². The lowest BCUT2D eigenvalue weighted by atomic mass is 9.66. The third-order valence-corrected chi connectivity index (χ3v) is 7.81. The Bertz CT molecular complexity index is 835. The van der Waals surface area contributed by atoms with Gasteiger partial charge in [-0.05, 0) is 45.0 Å². The van der Waals surface area contributed by atoms with Crippen LogP contribution in [-0.2, 0) is 14.4 Å². The van der Waals surface area contributed by atoms with Crippen molar-refractivity contribution in [2.75, 3.05) is 5.75 Å². The van der Waals surface area contributed by atoms with Crippen LogP contribution in [-0.4, -0.2) is 59.8 Å². The van der Waals surface area contributed by atoms with Gasteiger partial charge < -0.3 is 15.3 Å². The Hall–Kier alpha value is -1.70. The van der Waals surface area contributed by atoms with Crippen molar-refractivity contribution in [2.24, 2.45) is 0 Å². The molecule has 2 rings (SSSR count). The molecule has 1 aromatic rings. The first-order valence-corrected chi connectivity index (χ1v) is 9.86. The van der Waals surface area contributed by atoms with E-state index < -0.39 is 38.7 Å². The molecule has 1 aromatic carbocycles. The van der Waals surface area contributed by atoms with E-state index in [2.05, 4.69) is 0 Å². The van der Waals surface area contributed by atoms with Gasteiger partial charge in [-0.15, -0.1) is 23.5 Å². The molecular weight excluding hydrogens is 390 g/mol. The van der Waals surface area contributed by atoms with E-state index in [0.29, 0.717) is 10.5 Å². The van der Waals surface area contributed by atoms with E-state index in [9.17, 15) is 29.7 Å². The number of nitrogens with zero attached hydrogens (tertiary/aromatic N) is 1. The van der Waals surface area contributed by atoms with Gasteiger partial charge in [-0.1, -0.05) is 0 Å². The topological polar surface area (TPSA) is 136 Å². The molecule has 7 nitrogen and oxygen atoms in total. The van der Waals surface area contributed by atoms with E-state index in [-0.39, 0.29) is 5.75 Å². The van der Waals surface area contributed by atoms with Crippen molar-refractivity contribution in [2.45, 2.75) is 47.1 Å². The number of benzene rings is 1. The van der Waals surface area contributed by atoms with Gasteiger partial charge in [-0.3, -0.25) is 14.4 Å². The smallest absolute Gasteiger partial charge is 0.197 e. The van der Waals surface area contributed by atoms with E-state index in [1.165, 1.54) is 0 Å². The van der Waals surface area contributed by atoms with Gasteiger partial charge in [0.25, 0.3) is 0 Å². The van der Waals surface area contributed by atoms with Crippen LogP contribution in [0.25, 0.3) is 0 Å². The first kappa shape index (κ1) is 21.6. The highest BCUT2D eigenvalue weighted by Gasteiger charge is 2.74. The van der Waals surface area contributed by atoms with E-state index >= 15 is 0 Å². The van der Waals surface area contributed by atoms with Crippen molar-refractivity contribution < 1.29 is 29.7 Å². The highest BCUT2D eigenvalue weighted by molar-refractivity contribution is 8.17. The summed E-state index contributed by atoms with van der Waals surface area (Å²) in [5, 5.41) is 42.0. The van der Waals surface area contributed by atoms with Gasteiger partial charge in [0.2, 0.25) is 0 Å². The summed E-state index contributed by atoms with van der Waals surface area (Å²) >= 11 is 1.90. The maximum absolute atomic E-state index is 12.4. The zero-order chi connectivity index (χ0) is 20.6. The summed E-state index contributed by atoms with van der Waals surface area (Å²) in [6.45, 7) is 2.90. The summed E-state index contributed by atoms with van der Waals surface area (Å²) < 4.78 is -1.07. The molecule has 1 aliphatic rings. The molecule has 144 valence electrons. The molecule has 0 unspecified atom stereocenters. The molecule has 1 fully saturated rings. The maximum atomic E-state index is 12.4. The molecule has 0 spiro atoms. The number of hydrogen-bond acceptors (Lipinski definition) is 9. The molecule has 0 aromatic heterocycles. The number of aliphatic hydroxyl groups is 3. The van der Waals surface area contributed by atoms with Crippen LogP contribution in [0, 0.1) is 11.3 Å². The third-order valence-electron chi connectivity index (χ3n) is 4.79. The number of Topliss-reactive ketones (excluding diaryl/α,β-unsaturated/α-hetero) is 3. The van der Waals surface area contributed by atoms with Gasteiger partial charge in [0, 0.05) is 10.6 Å². The monoisotopic (exact) mass is 409 g/mol. The highest BCUT2D eigenvalue weighted by Crippen LogP contribution is 2.53. The van der Waals surface area contributed by atoms with Gasteiger partial charge in [0.05, 0.1) is 16.2 Å². The minimum Gasteiger partial charge on any atom is -0.378 e. The number of rotatable bonds is 5. The number of hydrogen-bond donors (Lipinski definition) is 3. The number of ketones is 3. The summed E-state index contributed by atoms with van der Waals surface area (Å²) in [6.07, 6.45) is 0. The summed E-state index contributed by atoms with van der Waals surface area (Å²) in [7, 11) is 0. The van der Waals surface area contributed by atoms with Gasteiger partial charge in [0.15, 0.2) is 34.2 Å². The van der Waals surface area contributed by atoms with Crippen LogP contribution in [0.1, 0.15) is 26.3 Å². The lowest BCUT2D eigenvalue weighted by Crippen LogP contribution is -2.81. The predicted molar refractivity (Wildman–Crippen MR) is 100 cm³/mol. The maximum Gasteiger partial charge on any atom is 0.197 e. The molecule has 1 saturated heterocycles. The molecule has 9 heteroatoms. The van der Waals surface area contributed by atoms with Crippen molar-refractivity contribution in [3.63, 3.8) is 0 Å². The lowest BCUT2D eigenvalue weighted by molar-refractivity contribution is -0.222. The van der Waals surface area contributed by atoms with E-state index in [0.717, 1.165) is 44.3 Å². The number of nitriles is 1. The Morgan fingerprint density at radius 3 is 2.04 bits per heavy atom. The quantitative estimate of drug-likeness (QED) is 0.641. The average Bonchev–Trinajstić information content (AvgIpc) is 2.62. The van der Waals surface area contributed by atoms with E-state index in [1.54, 1.807) is 24.3 Å². The Labute approximate surface area is 164 Å².